The third-order valence-corrected chi connectivity index (χ3v) is 8.80. The minimum Gasteiger partial charge on any atom is -0.393 e. The summed E-state index contributed by atoms with van der Waals surface area (Å²) in [6.45, 7) is 7.06. The molecule has 23 heavy (non-hydrogen) atoms. The van der Waals surface area contributed by atoms with Gasteiger partial charge in [-0.3, -0.25) is 0 Å². The van der Waals surface area contributed by atoms with Gasteiger partial charge in [0.25, 0.3) is 0 Å². The van der Waals surface area contributed by atoms with Crippen molar-refractivity contribution >= 4 is 0 Å². The van der Waals surface area contributed by atoms with E-state index in [4.69, 9.17) is 5.73 Å². The molecular formula is C21H35NO. The third-order valence-electron chi connectivity index (χ3n) is 8.80. The average Bonchev–Trinajstić information content (AvgIpc) is 2.85. The minimum atomic E-state index is -0.139. The lowest BCUT2D eigenvalue weighted by atomic mass is 9.47. The van der Waals surface area contributed by atoms with E-state index in [1.165, 1.54) is 44.9 Å². The van der Waals surface area contributed by atoms with E-state index in [0.29, 0.717) is 22.8 Å². The maximum absolute atomic E-state index is 10.3. The number of hydrogen-bond acceptors (Lipinski definition) is 2. The molecule has 0 aromatic rings. The van der Waals surface area contributed by atoms with Gasteiger partial charge in [0.05, 0.1) is 6.10 Å². The molecule has 3 saturated carbocycles. The Morgan fingerprint density at radius 2 is 1.91 bits per heavy atom. The van der Waals surface area contributed by atoms with E-state index in [1.807, 2.05) is 6.92 Å². The van der Waals surface area contributed by atoms with Gasteiger partial charge in [-0.1, -0.05) is 25.5 Å². The predicted octanol–water partition coefficient (Wildman–Crippen LogP) is 4.27. The lowest BCUT2D eigenvalue weighted by Crippen LogP contribution is -2.51. The summed E-state index contributed by atoms with van der Waals surface area (Å²) in [4.78, 5) is 0. The van der Waals surface area contributed by atoms with Crippen molar-refractivity contribution in [2.45, 2.75) is 84.3 Å². The van der Waals surface area contributed by atoms with Gasteiger partial charge in [-0.2, -0.15) is 0 Å². The molecule has 4 aliphatic rings. The molecule has 1 unspecified atom stereocenters. The quantitative estimate of drug-likeness (QED) is 0.709. The van der Waals surface area contributed by atoms with E-state index >= 15 is 0 Å². The van der Waals surface area contributed by atoms with Crippen LogP contribution in [0.2, 0.25) is 0 Å². The molecular weight excluding hydrogens is 282 g/mol. The first-order chi connectivity index (χ1) is 10.9. The zero-order valence-corrected chi connectivity index (χ0v) is 15.2. The number of aliphatic hydroxyl groups is 1. The van der Waals surface area contributed by atoms with E-state index in [-0.39, 0.29) is 6.10 Å². The van der Waals surface area contributed by atoms with Crippen LogP contribution < -0.4 is 5.73 Å². The summed E-state index contributed by atoms with van der Waals surface area (Å²) in [5.41, 5.74) is 8.74. The van der Waals surface area contributed by atoms with Gasteiger partial charge in [0.2, 0.25) is 0 Å². The van der Waals surface area contributed by atoms with Crippen molar-refractivity contribution in [2.24, 2.45) is 40.2 Å². The smallest absolute Gasteiger partial charge is 0.0545 e. The topological polar surface area (TPSA) is 46.2 Å². The van der Waals surface area contributed by atoms with Crippen LogP contribution in [0.1, 0.15) is 72.1 Å². The average molecular weight is 318 g/mol. The van der Waals surface area contributed by atoms with E-state index in [2.05, 4.69) is 19.9 Å². The summed E-state index contributed by atoms with van der Waals surface area (Å²) in [5.74, 6) is 3.05. The van der Waals surface area contributed by atoms with E-state index in [1.54, 1.807) is 5.57 Å². The number of hydrogen-bond donors (Lipinski definition) is 2. The molecule has 0 aromatic carbocycles. The van der Waals surface area contributed by atoms with Gasteiger partial charge in [0.15, 0.2) is 0 Å². The summed E-state index contributed by atoms with van der Waals surface area (Å²) in [6.07, 6.45) is 12.6. The van der Waals surface area contributed by atoms with Gasteiger partial charge in [-0.25, -0.2) is 0 Å². The first-order valence-electron chi connectivity index (χ1n) is 9.99. The largest absolute Gasteiger partial charge is 0.393 e. The SMILES string of the molecule is CC(O)[C@H]1CC[C@H]2[C@@H]3CC=C4C[C@H](N)CC[C@]4(C)[C@H]3CC[C@]12C. The van der Waals surface area contributed by atoms with Gasteiger partial charge >= 0.3 is 0 Å². The lowest BCUT2D eigenvalue weighted by Gasteiger charge is -2.58. The molecule has 0 bridgehead atoms. The highest BCUT2D eigenvalue weighted by Crippen LogP contribution is 2.66. The van der Waals surface area contributed by atoms with Crippen LogP contribution in [0.4, 0.5) is 0 Å². The molecule has 4 rings (SSSR count). The Bertz CT molecular complexity index is 512. The highest BCUT2D eigenvalue weighted by molar-refractivity contribution is 5.25. The second-order valence-corrected chi connectivity index (χ2v) is 9.73. The molecule has 130 valence electrons. The number of rotatable bonds is 1. The van der Waals surface area contributed by atoms with E-state index in [9.17, 15) is 5.11 Å². The second kappa shape index (κ2) is 5.33. The molecule has 0 saturated heterocycles. The van der Waals surface area contributed by atoms with Crippen molar-refractivity contribution in [1.29, 1.82) is 0 Å². The first-order valence-corrected chi connectivity index (χ1v) is 9.99. The molecule has 0 radical (unpaired) electrons. The van der Waals surface area contributed by atoms with Crippen molar-refractivity contribution in [3.05, 3.63) is 11.6 Å². The zero-order chi connectivity index (χ0) is 16.4. The van der Waals surface area contributed by atoms with Crippen molar-refractivity contribution in [2.75, 3.05) is 0 Å². The second-order valence-electron chi connectivity index (χ2n) is 9.73. The predicted molar refractivity (Wildman–Crippen MR) is 94.8 cm³/mol. The number of aliphatic hydroxyl groups excluding tert-OH is 1. The third kappa shape index (κ3) is 2.20. The van der Waals surface area contributed by atoms with Gasteiger partial charge in [0, 0.05) is 6.04 Å². The van der Waals surface area contributed by atoms with Crippen LogP contribution in [0.15, 0.2) is 11.6 Å². The molecule has 0 aromatic heterocycles. The standard InChI is InChI=1S/C21H35NO/c1-13(23)17-6-7-18-16-5-4-14-12-15(22)8-10-20(14,2)19(16)9-11-21(17,18)3/h4,13,15-19,23H,5-12,22H2,1-3H3/t13?,15-,16+,17-,18+,19+,20+,21-/m1/s1. The summed E-state index contributed by atoms with van der Waals surface area (Å²) in [5, 5.41) is 10.3. The van der Waals surface area contributed by atoms with Crippen LogP contribution in [0.3, 0.4) is 0 Å². The maximum Gasteiger partial charge on any atom is 0.0545 e. The van der Waals surface area contributed by atoms with Crippen LogP contribution in [0.25, 0.3) is 0 Å². The van der Waals surface area contributed by atoms with Gasteiger partial charge < -0.3 is 10.8 Å². The van der Waals surface area contributed by atoms with Crippen LogP contribution in [0, 0.1) is 34.5 Å². The molecule has 3 fully saturated rings. The fourth-order valence-corrected chi connectivity index (χ4v) is 7.52. The number of nitrogens with two attached hydrogens (primary N) is 1. The highest BCUT2D eigenvalue weighted by Gasteiger charge is 2.59. The first kappa shape index (κ1) is 16.1. The Balaban J connectivity index is 1.65. The Morgan fingerprint density at radius 3 is 2.65 bits per heavy atom. The molecule has 2 heteroatoms. The molecule has 0 aliphatic heterocycles. The van der Waals surface area contributed by atoms with Gasteiger partial charge in [-0.15, -0.1) is 0 Å². The number of fused-ring (bicyclic) bond motifs is 5. The van der Waals surface area contributed by atoms with Crippen molar-refractivity contribution in [1.82, 2.24) is 0 Å². The fraction of sp³-hybridized carbons (Fsp3) is 0.905. The zero-order valence-electron chi connectivity index (χ0n) is 15.2. The Labute approximate surface area is 141 Å². The summed E-state index contributed by atoms with van der Waals surface area (Å²) in [7, 11) is 0. The summed E-state index contributed by atoms with van der Waals surface area (Å²) < 4.78 is 0. The Morgan fingerprint density at radius 1 is 1.13 bits per heavy atom. The Kier molecular flexibility index (Phi) is 3.74. The molecule has 0 heterocycles. The molecule has 4 aliphatic carbocycles. The van der Waals surface area contributed by atoms with Gasteiger partial charge in [0.1, 0.15) is 0 Å². The molecule has 0 amide bonds. The normalized spacial score (nSPS) is 53.8. The monoisotopic (exact) mass is 317 g/mol. The molecule has 2 nitrogen and oxygen atoms in total. The highest BCUT2D eigenvalue weighted by atomic mass is 16.3. The minimum absolute atomic E-state index is 0.139. The lowest BCUT2D eigenvalue weighted by molar-refractivity contribution is -0.0626. The van der Waals surface area contributed by atoms with Crippen molar-refractivity contribution in [3.63, 3.8) is 0 Å². The van der Waals surface area contributed by atoms with Crippen molar-refractivity contribution in [3.8, 4) is 0 Å². The van der Waals surface area contributed by atoms with Crippen LogP contribution >= 0.6 is 0 Å². The summed E-state index contributed by atoms with van der Waals surface area (Å²) in [6, 6.07) is 0.394. The Hall–Kier alpha value is -0.340. The van der Waals surface area contributed by atoms with Crippen LogP contribution in [0.5, 0.6) is 0 Å². The van der Waals surface area contributed by atoms with Crippen LogP contribution in [-0.4, -0.2) is 17.3 Å². The van der Waals surface area contributed by atoms with Gasteiger partial charge in [-0.05, 0) is 92.8 Å². The summed E-state index contributed by atoms with van der Waals surface area (Å²) >= 11 is 0. The van der Waals surface area contributed by atoms with Crippen molar-refractivity contribution < 1.29 is 5.11 Å². The maximum atomic E-state index is 10.3. The molecule has 8 atom stereocenters. The fourth-order valence-electron chi connectivity index (χ4n) is 7.52. The van der Waals surface area contributed by atoms with Crippen LogP contribution in [-0.2, 0) is 0 Å². The molecule has 3 N–H and O–H groups in total. The van der Waals surface area contributed by atoms with E-state index in [0.717, 1.165) is 24.2 Å². The van der Waals surface area contributed by atoms with E-state index < -0.39 is 0 Å². The number of allylic oxidation sites excluding steroid dienone is 1. The molecule has 0 spiro atoms.